The Morgan fingerprint density at radius 1 is 1.45 bits per heavy atom. The summed E-state index contributed by atoms with van der Waals surface area (Å²) >= 11 is 0. The number of nitrogens with zero attached hydrogens (tertiary/aromatic N) is 4. The van der Waals surface area contributed by atoms with Gasteiger partial charge in [-0.15, -0.1) is 5.11 Å². The lowest BCUT2D eigenvalue weighted by Crippen LogP contribution is -2.34. The van der Waals surface area contributed by atoms with E-state index in [1.807, 2.05) is 0 Å². The van der Waals surface area contributed by atoms with Gasteiger partial charge in [0.25, 0.3) is 0 Å². The van der Waals surface area contributed by atoms with E-state index in [2.05, 4.69) is 10.2 Å². The molecular weight excluding hydrogens is 148 g/mol. The van der Waals surface area contributed by atoms with E-state index in [9.17, 15) is 0 Å². The van der Waals surface area contributed by atoms with E-state index in [1.54, 1.807) is 0 Å². The first-order chi connectivity index (χ1) is 5.27. The second kappa shape index (κ2) is 2.04. The lowest BCUT2D eigenvalue weighted by atomic mass is 10.3. The number of hydrogen-bond acceptors (Lipinski definition) is 6. The predicted molar refractivity (Wildman–Crippen MR) is 33.1 cm³/mol. The van der Waals surface area contributed by atoms with Crippen LogP contribution >= 0.6 is 0 Å². The molecule has 0 amide bonds. The fraction of sp³-hybridized carbons (Fsp3) is 0.200. The highest BCUT2D eigenvalue weighted by Gasteiger charge is 2.22. The van der Waals surface area contributed by atoms with E-state index in [0.717, 1.165) is 10.1 Å². The van der Waals surface area contributed by atoms with Crippen LogP contribution in [0.4, 0.5) is 0 Å². The third-order valence-electron chi connectivity index (χ3n) is 1.44. The summed E-state index contributed by atoms with van der Waals surface area (Å²) in [6.07, 6.45) is 2.83. The number of hydrogen-bond donors (Lipinski definition) is 2. The van der Waals surface area contributed by atoms with E-state index in [1.165, 1.54) is 12.4 Å². The first-order valence-electron chi connectivity index (χ1n) is 3.02. The quantitative estimate of drug-likeness (QED) is 0.532. The minimum atomic E-state index is 0.0143. The highest BCUT2D eigenvalue weighted by Crippen LogP contribution is 2.24. The number of fused-ring (bicyclic) bond motifs is 1. The van der Waals surface area contributed by atoms with Crippen LogP contribution < -0.4 is 0 Å². The number of rotatable bonds is 0. The van der Waals surface area contributed by atoms with Gasteiger partial charge in [0.2, 0.25) is 0 Å². The van der Waals surface area contributed by atoms with Crippen molar-refractivity contribution in [3.8, 4) is 0 Å². The topological polar surface area (TPSA) is 71.7 Å². The maximum Gasteiger partial charge on any atom is 0.141 e. The zero-order valence-electron chi connectivity index (χ0n) is 5.55. The highest BCUT2D eigenvalue weighted by atomic mass is 16.5. The molecule has 0 saturated carbocycles. The molecule has 0 aromatic carbocycles. The van der Waals surface area contributed by atoms with Crippen LogP contribution in [0.2, 0.25) is 0 Å². The van der Waals surface area contributed by atoms with Gasteiger partial charge >= 0.3 is 0 Å². The average molecular weight is 154 g/mol. The second-order valence-corrected chi connectivity index (χ2v) is 2.22. The Morgan fingerprint density at radius 2 is 2.27 bits per heavy atom. The molecule has 0 aliphatic carbocycles. The lowest BCUT2D eigenvalue weighted by molar-refractivity contribution is -0.168. The Labute approximate surface area is 62.3 Å². The van der Waals surface area contributed by atoms with Gasteiger partial charge in [-0.3, -0.25) is 10.4 Å². The Kier molecular flexibility index (Phi) is 1.17. The monoisotopic (exact) mass is 154 g/mol. The molecule has 0 unspecified atom stereocenters. The molecule has 0 spiro atoms. The zero-order valence-corrected chi connectivity index (χ0v) is 5.55. The smallest absolute Gasteiger partial charge is 0.141 e. The molecule has 0 atom stereocenters. The van der Waals surface area contributed by atoms with E-state index in [4.69, 9.17) is 10.4 Å². The maximum absolute atomic E-state index is 9.15. The fourth-order valence-corrected chi connectivity index (χ4v) is 0.949. The summed E-state index contributed by atoms with van der Waals surface area (Å²) in [5.74, 6) is 0. The largest absolute Gasteiger partial charge is 0.287 e. The van der Waals surface area contributed by atoms with Crippen molar-refractivity contribution < 1.29 is 10.4 Å². The van der Waals surface area contributed by atoms with Gasteiger partial charge in [-0.2, -0.15) is 5.11 Å². The molecule has 0 bridgehead atoms. The molecule has 0 radical (unpaired) electrons. The zero-order chi connectivity index (χ0) is 7.84. The summed E-state index contributed by atoms with van der Waals surface area (Å²) < 4.78 is 0. The van der Waals surface area contributed by atoms with Crippen LogP contribution in [-0.2, 0) is 0 Å². The Hall–Kier alpha value is -1.40. The Bertz CT molecular complexity index is 270. The molecule has 11 heavy (non-hydrogen) atoms. The molecule has 0 aromatic rings. The molecule has 58 valence electrons. The molecule has 2 aliphatic heterocycles. The summed E-state index contributed by atoms with van der Waals surface area (Å²) in [5, 5.41) is 27.0. The summed E-state index contributed by atoms with van der Waals surface area (Å²) in [6.45, 7) is 0.0143. The van der Waals surface area contributed by atoms with Crippen LogP contribution in [0.25, 0.3) is 0 Å². The van der Waals surface area contributed by atoms with E-state index in [0.29, 0.717) is 11.4 Å². The van der Waals surface area contributed by atoms with Gasteiger partial charge < -0.3 is 0 Å². The summed E-state index contributed by atoms with van der Waals surface area (Å²) in [7, 11) is 0. The molecule has 2 rings (SSSR count). The molecule has 2 N–H and O–H groups in total. The van der Waals surface area contributed by atoms with Gasteiger partial charge in [0.05, 0.1) is 12.4 Å². The van der Waals surface area contributed by atoms with Crippen LogP contribution in [0, 0.1) is 0 Å². The molecule has 0 fully saturated rings. The van der Waals surface area contributed by atoms with Gasteiger partial charge in [0.1, 0.15) is 18.1 Å². The number of azo groups is 1. The van der Waals surface area contributed by atoms with Gasteiger partial charge in [-0.25, -0.2) is 10.1 Å². The average Bonchev–Trinajstić information content (AvgIpc) is 2.34. The van der Waals surface area contributed by atoms with Crippen LogP contribution in [-0.4, -0.2) is 27.2 Å². The van der Waals surface area contributed by atoms with Gasteiger partial charge in [-0.05, 0) is 0 Å². The van der Waals surface area contributed by atoms with Crippen molar-refractivity contribution in [2.75, 3.05) is 6.67 Å². The highest BCUT2D eigenvalue weighted by molar-refractivity contribution is 5.31. The fourth-order valence-electron chi connectivity index (χ4n) is 0.949. The normalized spacial score (nSPS) is 21.6. The molecule has 6 nitrogen and oxygen atoms in total. The summed E-state index contributed by atoms with van der Waals surface area (Å²) in [4.78, 5) is 0. The van der Waals surface area contributed by atoms with Crippen LogP contribution in [0.1, 0.15) is 0 Å². The molecule has 2 heterocycles. The van der Waals surface area contributed by atoms with Crippen molar-refractivity contribution in [3.05, 3.63) is 23.8 Å². The summed E-state index contributed by atoms with van der Waals surface area (Å²) in [5.41, 5.74) is 0.969. The summed E-state index contributed by atoms with van der Waals surface area (Å²) in [6, 6.07) is 0. The molecule has 6 heteroatoms. The van der Waals surface area contributed by atoms with Gasteiger partial charge in [0, 0.05) is 0 Å². The van der Waals surface area contributed by atoms with Crippen molar-refractivity contribution in [3.63, 3.8) is 0 Å². The van der Waals surface area contributed by atoms with Crippen molar-refractivity contribution >= 4 is 0 Å². The lowest BCUT2D eigenvalue weighted by Gasteiger charge is -2.26. The number of hydroxylamine groups is 4. The van der Waals surface area contributed by atoms with E-state index >= 15 is 0 Å². The SMILES string of the molecule is ON1C=C2N=NC=C2N(O)C1. The van der Waals surface area contributed by atoms with Crippen LogP contribution in [0.15, 0.2) is 34.0 Å². The standard InChI is InChI=1S/C5H6N4O2/c10-8-2-4-5(1-6-7-4)9(11)3-8/h1-2,10-11H,3H2. The predicted octanol–water partition coefficient (Wildman–Crippen LogP) is 0.489. The molecule has 2 aliphatic rings. The van der Waals surface area contributed by atoms with Crippen molar-refractivity contribution in [1.82, 2.24) is 10.1 Å². The molecule has 0 saturated heterocycles. The Morgan fingerprint density at radius 3 is 3.09 bits per heavy atom. The van der Waals surface area contributed by atoms with Crippen molar-refractivity contribution in [1.29, 1.82) is 0 Å². The minimum absolute atomic E-state index is 0.0143. The van der Waals surface area contributed by atoms with Crippen LogP contribution in [0.3, 0.4) is 0 Å². The first-order valence-corrected chi connectivity index (χ1v) is 3.02. The van der Waals surface area contributed by atoms with E-state index in [-0.39, 0.29) is 6.67 Å². The van der Waals surface area contributed by atoms with Crippen LogP contribution in [0.5, 0.6) is 0 Å². The Balaban J connectivity index is 2.37. The van der Waals surface area contributed by atoms with E-state index < -0.39 is 0 Å². The molecular formula is C5H6N4O2. The maximum atomic E-state index is 9.15. The third kappa shape index (κ3) is 0.883. The first kappa shape index (κ1) is 6.32. The molecule has 0 aromatic heterocycles. The van der Waals surface area contributed by atoms with Crippen molar-refractivity contribution in [2.24, 2.45) is 10.2 Å². The third-order valence-corrected chi connectivity index (χ3v) is 1.44. The second-order valence-electron chi connectivity index (χ2n) is 2.22. The van der Waals surface area contributed by atoms with Crippen molar-refractivity contribution in [2.45, 2.75) is 0 Å². The minimum Gasteiger partial charge on any atom is -0.287 e. The van der Waals surface area contributed by atoms with Gasteiger partial charge in [0.15, 0.2) is 0 Å². The van der Waals surface area contributed by atoms with Gasteiger partial charge in [-0.1, -0.05) is 0 Å².